The average Bonchev–Trinajstić information content (AvgIpc) is 2.88. The first-order valence-electron chi connectivity index (χ1n) is 8.73. The molecule has 1 N–H and O–H groups in total. The maximum absolute atomic E-state index is 13.0. The molecule has 3 unspecified atom stereocenters. The standard InChI is InChI=1S/C20H27NO3/c1-19(2)14-10-11-20(19,3)17(22)16(14)21-15(18(23)24-4)12-13-8-6-5-7-9-13/h5-9,14-16,21H,10-12H2,1-4H3/t14?,15-,16?,20?/m1/s1. The molecule has 0 spiro atoms. The number of benzene rings is 1. The molecule has 0 saturated heterocycles. The van der Waals surface area contributed by atoms with Crippen LogP contribution in [-0.2, 0) is 20.7 Å². The Morgan fingerprint density at radius 2 is 1.96 bits per heavy atom. The van der Waals surface area contributed by atoms with E-state index in [1.807, 2.05) is 30.3 Å². The fourth-order valence-corrected chi connectivity index (χ4v) is 4.70. The second kappa shape index (κ2) is 5.99. The van der Waals surface area contributed by atoms with Crippen molar-refractivity contribution < 1.29 is 14.3 Å². The highest BCUT2D eigenvalue weighted by molar-refractivity contribution is 5.95. The molecule has 2 fully saturated rings. The number of ketones is 1. The minimum atomic E-state index is -0.495. The number of fused-ring (bicyclic) bond motifs is 2. The maximum Gasteiger partial charge on any atom is 0.323 e. The van der Waals surface area contributed by atoms with E-state index in [1.54, 1.807) is 0 Å². The lowest BCUT2D eigenvalue weighted by Gasteiger charge is -2.32. The van der Waals surface area contributed by atoms with Crippen molar-refractivity contribution in [3.8, 4) is 0 Å². The SMILES string of the molecule is COC(=O)[C@@H](Cc1ccccc1)NC1C(=O)C2(C)CCC1C2(C)C. The van der Waals surface area contributed by atoms with Crippen molar-refractivity contribution in [2.45, 2.75) is 52.1 Å². The molecule has 4 nitrogen and oxygen atoms in total. The highest BCUT2D eigenvalue weighted by Crippen LogP contribution is 2.63. The van der Waals surface area contributed by atoms with Crippen molar-refractivity contribution >= 4 is 11.8 Å². The smallest absolute Gasteiger partial charge is 0.323 e. The first kappa shape index (κ1) is 17.2. The Kier molecular flexibility index (Phi) is 4.28. The predicted molar refractivity (Wildman–Crippen MR) is 92.5 cm³/mol. The van der Waals surface area contributed by atoms with Crippen LogP contribution < -0.4 is 5.32 Å². The van der Waals surface area contributed by atoms with Crippen LogP contribution >= 0.6 is 0 Å². The Labute approximate surface area is 144 Å². The summed E-state index contributed by atoms with van der Waals surface area (Å²) in [5.74, 6) is 0.223. The van der Waals surface area contributed by atoms with Gasteiger partial charge in [-0.15, -0.1) is 0 Å². The fourth-order valence-electron chi connectivity index (χ4n) is 4.70. The van der Waals surface area contributed by atoms with E-state index in [0.717, 1.165) is 18.4 Å². The third-order valence-electron chi connectivity index (χ3n) is 6.68. The van der Waals surface area contributed by atoms with Crippen LogP contribution in [0.2, 0.25) is 0 Å². The van der Waals surface area contributed by atoms with Gasteiger partial charge < -0.3 is 4.74 Å². The number of Topliss-reactive ketones (excluding diaryl/α,β-unsaturated/α-hetero) is 1. The Balaban J connectivity index is 1.81. The molecule has 2 aliphatic rings. The summed E-state index contributed by atoms with van der Waals surface area (Å²) >= 11 is 0. The molecule has 130 valence electrons. The zero-order valence-electron chi connectivity index (χ0n) is 15.0. The van der Waals surface area contributed by atoms with E-state index < -0.39 is 6.04 Å². The van der Waals surface area contributed by atoms with Crippen molar-refractivity contribution in [1.82, 2.24) is 5.32 Å². The molecule has 0 aromatic heterocycles. The Hall–Kier alpha value is -1.68. The molecule has 2 saturated carbocycles. The molecular weight excluding hydrogens is 302 g/mol. The number of ether oxygens (including phenoxy) is 1. The van der Waals surface area contributed by atoms with E-state index in [2.05, 4.69) is 26.1 Å². The van der Waals surface area contributed by atoms with Crippen LogP contribution in [0.4, 0.5) is 0 Å². The van der Waals surface area contributed by atoms with Crippen LogP contribution in [0.25, 0.3) is 0 Å². The van der Waals surface area contributed by atoms with E-state index in [1.165, 1.54) is 7.11 Å². The zero-order valence-corrected chi connectivity index (χ0v) is 15.0. The number of nitrogens with one attached hydrogen (secondary N) is 1. The van der Waals surface area contributed by atoms with Gasteiger partial charge in [0, 0.05) is 5.41 Å². The van der Waals surface area contributed by atoms with Gasteiger partial charge in [-0.1, -0.05) is 51.1 Å². The molecule has 3 rings (SSSR count). The molecule has 2 bridgehead atoms. The number of hydrogen-bond donors (Lipinski definition) is 1. The van der Waals surface area contributed by atoms with Gasteiger partial charge in [-0.2, -0.15) is 0 Å². The molecule has 0 amide bonds. The summed E-state index contributed by atoms with van der Waals surface area (Å²) in [6.07, 6.45) is 2.51. The maximum atomic E-state index is 13.0. The third kappa shape index (κ3) is 2.48. The van der Waals surface area contributed by atoms with Gasteiger partial charge in [0.2, 0.25) is 0 Å². The second-order valence-corrected chi connectivity index (χ2v) is 7.97. The van der Waals surface area contributed by atoms with Crippen molar-refractivity contribution in [1.29, 1.82) is 0 Å². The molecule has 0 aliphatic heterocycles. The van der Waals surface area contributed by atoms with Gasteiger partial charge in [-0.25, -0.2) is 0 Å². The van der Waals surface area contributed by atoms with Crippen molar-refractivity contribution in [2.75, 3.05) is 7.11 Å². The van der Waals surface area contributed by atoms with E-state index in [4.69, 9.17) is 4.74 Å². The fraction of sp³-hybridized carbons (Fsp3) is 0.600. The molecule has 4 atom stereocenters. The Bertz CT molecular complexity index is 640. The molecule has 1 aromatic rings. The van der Waals surface area contributed by atoms with Crippen LogP contribution in [0, 0.1) is 16.7 Å². The molecule has 0 heterocycles. The lowest BCUT2D eigenvalue weighted by molar-refractivity contribution is -0.143. The van der Waals surface area contributed by atoms with Gasteiger partial charge in [-0.3, -0.25) is 14.9 Å². The number of carbonyl (C=O) groups is 2. The van der Waals surface area contributed by atoms with Gasteiger partial charge >= 0.3 is 5.97 Å². The molecule has 1 aromatic carbocycles. The minimum absolute atomic E-state index is 0.0326. The summed E-state index contributed by atoms with van der Waals surface area (Å²) in [7, 11) is 1.40. The van der Waals surface area contributed by atoms with E-state index in [-0.39, 0.29) is 34.5 Å². The van der Waals surface area contributed by atoms with E-state index >= 15 is 0 Å². The summed E-state index contributed by atoms with van der Waals surface area (Å²) in [4.78, 5) is 25.3. The molecule has 2 aliphatic carbocycles. The largest absolute Gasteiger partial charge is 0.468 e. The van der Waals surface area contributed by atoms with Gasteiger partial charge in [-0.05, 0) is 36.2 Å². The van der Waals surface area contributed by atoms with Gasteiger partial charge in [0.05, 0.1) is 13.2 Å². The lowest BCUT2D eigenvalue weighted by Crippen LogP contribution is -2.52. The zero-order chi connectivity index (χ0) is 17.5. The summed E-state index contributed by atoms with van der Waals surface area (Å²) in [6, 6.07) is 9.09. The number of rotatable bonds is 5. The topological polar surface area (TPSA) is 55.4 Å². The average molecular weight is 329 g/mol. The third-order valence-corrected chi connectivity index (χ3v) is 6.68. The number of carbonyl (C=O) groups excluding carboxylic acids is 2. The normalized spacial score (nSPS) is 31.9. The molecular formula is C20H27NO3. The lowest BCUT2D eigenvalue weighted by atomic mass is 9.70. The molecule has 0 radical (unpaired) electrons. The summed E-state index contributed by atoms with van der Waals surface area (Å²) < 4.78 is 4.97. The summed E-state index contributed by atoms with van der Waals surface area (Å²) in [6.45, 7) is 6.46. The van der Waals surface area contributed by atoms with Gasteiger partial charge in [0.25, 0.3) is 0 Å². The van der Waals surface area contributed by atoms with Crippen molar-refractivity contribution in [3.05, 3.63) is 35.9 Å². The van der Waals surface area contributed by atoms with Gasteiger partial charge in [0.15, 0.2) is 5.78 Å². The molecule has 24 heavy (non-hydrogen) atoms. The Morgan fingerprint density at radius 3 is 2.50 bits per heavy atom. The van der Waals surface area contributed by atoms with Crippen LogP contribution in [0.3, 0.4) is 0 Å². The summed E-state index contributed by atoms with van der Waals surface area (Å²) in [5.41, 5.74) is 0.735. The van der Waals surface area contributed by atoms with Crippen LogP contribution in [0.15, 0.2) is 30.3 Å². The van der Waals surface area contributed by atoms with E-state index in [9.17, 15) is 9.59 Å². The second-order valence-electron chi connectivity index (χ2n) is 7.97. The van der Waals surface area contributed by atoms with Gasteiger partial charge in [0.1, 0.15) is 6.04 Å². The minimum Gasteiger partial charge on any atom is -0.468 e. The number of hydrogen-bond acceptors (Lipinski definition) is 4. The van der Waals surface area contributed by atoms with Crippen molar-refractivity contribution in [3.63, 3.8) is 0 Å². The number of methoxy groups -OCH3 is 1. The van der Waals surface area contributed by atoms with Crippen LogP contribution in [0.1, 0.15) is 39.2 Å². The molecule has 4 heteroatoms. The number of esters is 1. The van der Waals surface area contributed by atoms with E-state index in [0.29, 0.717) is 6.42 Å². The highest BCUT2D eigenvalue weighted by Gasteiger charge is 2.66. The quantitative estimate of drug-likeness (QED) is 0.844. The monoisotopic (exact) mass is 329 g/mol. The van der Waals surface area contributed by atoms with Crippen LogP contribution in [0.5, 0.6) is 0 Å². The first-order valence-corrected chi connectivity index (χ1v) is 8.73. The predicted octanol–water partition coefficient (Wildman–Crippen LogP) is 2.75. The van der Waals surface area contributed by atoms with Crippen molar-refractivity contribution in [2.24, 2.45) is 16.7 Å². The highest BCUT2D eigenvalue weighted by atomic mass is 16.5. The Morgan fingerprint density at radius 1 is 1.29 bits per heavy atom. The first-order chi connectivity index (χ1) is 11.3. The van der Waals surface area contributed by atoms with Crippen LogP contribution in [-0.4, -0.2) is 30.9 Å². The summed E-state index contributed by atoms with van der Waals surface area (Å²) in [5, 5.41) is 3.35.